The SMILES string of the molecule is CCCC(C)[C@]1(c2ccccc2)CC[C@@]2(CCC(C(C)CC(=O)Nc3cccnc3C)C(=O)N2CC2CCC2)CC1. The van der Waals surface area contributed by atoms with Crippen LogP contribution in [0.2, 0.25) is 0 Å². The number of benzene rings is 1. The first-order valence-electron chi connectivity index (χ1n) is 16.4. The Morgan fingerprint density at radius 1 is 1.02 bits per heavy atom. The van der Waals surface area contributed by atoms with E-state index >= 15 is 0 Å². The fraction of sp³-hybridized carbons (Fsp3) is 0.639. The second kappa shape index (κ2) is 12.7. The Balaban J connectivity index is 1.32. The average molecular weight is 558 g/mol. The van der Waals surface area contributed by atoms with E-state index in [9.17, 15) is 9.59 Å². The van der Waals surface area contributed by atoms with E-state index in [-0.39, 0.29) is 28.7 Å². The molecule has 2 aliphatic carbocycles. The molecule has 5 nitrogen and oxygen atoms in total. The van der Waals surface area contributed by atoms with Gasteiger partial charge in [0.2, 0.25) is 11.8 Å². The Morgan fingerprint density at radius 3 is 2.39 bits per heavy atom. The van der Waals surface area contributed by atoms with Gasteiger partial charge in [-0.05, 0) is 99.2 Å². The van der Waals surface area contributed by atoms with E-state index in [0.717, 1.165) is 56.5 Å². The Hall–Kier alpha value is -2.69. The van der Waals surface area contributed by atoms with Crippen molar-refractivity contribution in [2.45, 2.75) is 116 Å². The number of likely N-dealkylation sites (tertiary alicyclic amines) is 1. The highest BCUT2D eigenvalue weighted by Crippen LogP contribution is 2.54. The van der Waals surface area contributed by atoms with Crippen LogP contribution in [0.1, 0.15) is 109 Å². The van der Waals surface area contributed by atoms with Crippen molar-refractivity contribution in [1.82, 2.24) is 9.88 Å². The number of anilines is 1. The molecule has 3 aliphatic rings. The van der Waals surface area contributed by atoms with Crippen molar-refractivity contribution in [2.24, 2.45) is 23.7 Å². The van der Waals surface area contributed by atoms with Gasteiger partial charge in [-0.1, -0.05) is 70.4 Å². The quantitative estimate of drug-likeness (QED) is 0.321. The molecule has 3 fully saturated rings. The molecule has 1 N–H and O–H groups in total. The summed E-state index contributed by atoms with van der Waals surface area (Å²) in [5.74, 6) is 1.48. The molecule has 222 valence electrons. The van der Waals surface area contributed by atoms with Crippen LogP contribution in [0.5, 0.6) is 0 Å². The number of rotatable bonds is 10. The van der Waals surface area contributed by atoms with E-state index in [1.807, 2.05) is 19.1 Å². The highest BCUT2D eigenvalue weighted by molar-refractivity contribution is 5.92. The van der Waals surface area contributed by atoms with Crippen molar-refractivity contribution in [3.63, 3.8) is 0 Å². The summed E-state index contributed by atoms with van der Waals surface area (Å²) in [6.07, 6.45) is 14.8. The molecule has 0 bridgehead atoms. The van der Waals surface area contributed by atoms with Crippen LogP contribution in [-0.4, -0.2) is 33.8 Å². The first-order valence-corrected chi connectivity index (χ1v) is 16.4. The molecular weight excluding hydrogens is 506 g/mol. The van der Waals surface area contributed by atoms with Crippen LogP contribution >= 0.6 is 0 Å². The number of piperidine rings is 1. The first-order chi connectivity index (χ1) is 19.8. The minimum Gasteiger partial charge on any atom is -0.336 e. The van der Waals surface area contributed by atoms with E-state index < -0.39 is 0 Å². The third-order valence-corrected chi connectivity index (χ3v) is 11.3. The molecule has 1 aliphatic heterocycles. The molecule has 3 unspecified atom stereocenters. The Labute approximate surface area is 247 Å². The predicted molar refractivity (Wildman–Crippen MR) is 167 cm³/mol. The second-order valence-electron chi connectivity index (χ2n) is 13.7. The summed E-state index contributed by atoms with van der Waals surface area (Å²) >= 11 is 0. The number of carbonyl (C=O) groups is 2. The highest BCUT2D eigenvalue weighted by Gasteiger charge is 2.53. The van der Waals surface area contributed by atoms with Crippen LogP contribution in [-0.2, 0) is 15.0 Å². The lowest BCUT2D eigenvalue weighted by Crippen LogP contribution is -2.62. The predicted octanol–water partition coefficient (Wildman–Crippen LogP) is 8.08. The number of pyridine rings is 1. The van der Waals surface area contributed by atoms with Crippen molar-refractivity contribution in [1.29, 1.82) is 0 Å². The molecule has 41 heavy (non-hydrogen) atoms. The number of carbonyl (C=O) groups excluding carboxylic acids is 2. The van der Waals surface area contributed by atoms with E-state index in [1.54, 1.807) is 6.20 Å². The summed E-state index contributed by atoms with van der Waals surface area (Å²) in [6, 6.07) is 15.0. The number of hydrogen-bond acceptors (Lipinski definition) is 3. The Bertz CT molecular complexity index is 1180. The molecule has 2 heterocycles. The Morgan fingerprint density at radius 2 is 1.76 bits per heavy atom. The summed E-state index contributed by atoms with van der Waals surface area (Å²) < 4.78 is 0. The van der Waals surface area contributed by atoms with Crippen molar-refractivity contribution in [3.05, 3.63) is 59.9 Å². The molecule has 2 aromatic rings. The minimum atomic E-state index is -0.0822. The standard InChI is InChI=1S/C36H51N3O2/c1-5-11-27(3)36(30-14-7-6-8-15-30)21-19-35(20-22-36)18-17-31(34(41)39(35)25-29-12-9-13-29)26(2)24-33(40)38-32-16-10-23-37-28(32)4/h6-8,10,14-16,23,26-27,29,31H,5,9,11-13,17-22,24-25H2,1-4H3,(H,38,40)/t26?,27?,31?,35-,36-. The number of amides is 2. The van der Waals surface area contributed by atoms with Gasteiger partial charge in [-0.3, -0.25) is 14.6 Å². The maximum Gasteiger partial charge on any atom is 0.226 e. The Kier molecular flexibility index (Phi) is 9.21. The number of aromatic nitrogens is 1. The van der Waals surface area contributed by atoms with Crippen molar-refractivity contribution in [3.8, 4) is 0 Å². The number of hydrogen-bond donors (Lipinski definition) is 1. The minimum absolute atomic E-state index is 0.0114. The molecular formula is C36H51N3O2. The van der Waals surface area contributed by atoms with Crippen molar-refractivity contribution < 1.29 is 9.59 Å². The average Bonchev–Trinajstić information content (AvgIpc) is 2.94. The van der Waals surface area contributed by atoms with Gasteiger partial charge in [0.15, 0.2) is 0 Å². The molecule has 1 aromatic carbocycles. The molecule has 5 heteroatoms. The number of nitrogens with one attached hydrogen (secondary N) is 1. The van der Waals surface area contributed by atoms with E-state index in [4.69, 9.17) is 0 Å². The molecule has 3 atom stereocenters. The maximum atomic E-state index is 14.4. The van der Waals surface area contributed by atoms with Crippen LogP contribution in [0.3, 0.4) is 0 Å². The van der Waals surface area contributed by atoms with Crippen LogP contribution in [0.15, 0.2) is 48.7 Å². The first kappa shape index (κ1) is 29.8. The van der Waals surface area contributed by atoms with E-state index in [2.05, 4.69) is 66.3 Å². The molecule has 2 saturated carbocycles. The molecule has 2 amide bonds. The van der Waals surface area contributed by atoms with Crippen molar-refractivity contribution >= 4 is 17.5 Å². The normalized spacial score (nSPS) is 28.2. The molecule has 5 rings (SSSR count). The molecule has 0 radical (unpaired) electrons. The lowest BCUT2D eigenvalue weighted by atomic mass is 9.56. The van der Waals surface area contributed by atoms with Gasteiger partial charge in [0.25, 0.3) is 0 Å². The van der Waals surface area contributed by atoms with Crippen LogP contribution in [0, 0.1) is 30.6 Å². The zero-order valence-electron chi connectivity index (χ0n) is 25.8. The molecule has 1 saturated heterocycles. The van der Waals surface area contributed by atoms with Gasteiger partial charge in [0.05, 0.1) is 11.4 Å². The van der Waals surface area contributed by atoms with Crippen molar-refractivity contribution in [2.75, 3.05) is 11.9 Å². The third kappa shape index (κ3) is 6.10. The lowest BCUT2D eigenvalue weighted by Gasteiger charge is -2.58. The van der Waals surface area contributed by atoms with Crippen LogP contribution in [0.4, 0.5) is 5.69 Å². The number of nitrogens with zero attached hydrogens (tertiary/aromatic N) is 2. The maximum absolute atomic E-state index is 14.4. The fourth-order valence-corrected chi connectivity index (χ4v) is 8.34. The largest absolute Gasteiger partial charge is 0.336 e. The van der Waals surface area contributed by atoms with E-state index in [0.29, 0.717) is 24.2 Å². The van der Waals surface area contributed by atoms with Gasteiger partial charge in [-0.15, -0.1) is 0 Å². The van der Waals surface area contributed by atoms with Gasteiger partial charge in [0.1, 0.15) is 0 Å². The summed E-state index contributed by atoms with van der Waals surface area (Å²) in [7, 11) is 0. The summed E-state index contributed by atoms with van der Waals surface area (Å²) in [5.41, 5.74) is 3.23. The zero-order chi connectivity index (χ0) is 29.0. The topological polar surface area (TPSA) is 62.3 Å². The van der Waals surface area contributed by atoms with E-state index in [1.165, 1.54) is 37.7 Å². The highest BCUT2D eigenvalue weighted by atomic mass is 16.2. The van der Waals surface area contributed by atoms with Gasteiger partial charge in [-0.2, -0.15) is 0 Å². The summed E-state index contributed by atoms with van der Waals surface area (Å²) in [6.45, 7) is 9.68. The smallest absolute Gasteiger partial charge is 0.226 e. The van der Waals surface area contributed by atoms with Gasteiger partial charge in [-0.25, -0.2) is 0 Å². The lowest BCUT2D eigenvalue weighted by molar-refractivity contribution is -0.156. The van der Waals surface area contributed by atoms with Gasteiger partial charge in [0, 0.05) is 30.6 Å². The zero-order valence-corrected chi connectivity index (χ0v) is 25.8. The van der Waals surface area contributed by atoms with Gasteiger partial charge >= 0.3 is 0 Å². The third-order valence-electron chi connectivity index (χ3n) is 11.3. The second-order valence-corrected chi connectivity index (χ2v) is 13.7. The number of aryl methyl sites for hydroxylation is 1. The molecule has 1 spiro atoms. The fourth-order valence-electron chi connectivity index (χ4n) is 8.34. The van der Waals surface area contributed by atoms with Crippen LogP contribution in [0.25, 0.3) is 0 Å². The van der Waals surface area contributed by atoms with Gasteiger partial charge < -0.3 is 10.2 Å². The summed E-state index contributed by atoms with van der Waals surface area (Å²) in [5, 5.41) is 3.03. The van der Waals surface area contributed by atoms with Crippen LogP contribution < -0.4 is 5.32 Å². The molecule has 1 aromatic heterocycles. The monoisotopic (exact) mass is 557 g/mol. The summed E-state index contributed by atoms with van der Waals surface area (Å²) in [4.78, 5) is 34.0.